The number of halogens is 1. The van der Waals surface area contributed by atoms with Crippen LogP contribution in [0.4, 0.5) is 9.18 Å². The number of alkyl carbamates (subject to hydrolysis) is 1. The average Bonchev–Trinajstić information content (AvgIpc) is 2.78. The van der Waals surface area contributed by atoms with Crippen molar-refractivity contribution in [3.8, 4) is 0 Å². The number of aliphatic hydroxyl groups is 2. The van der Waals surface area contributed by atoms with Crippen molar-refractivity contribution < 1.29 is 28.9 Å². The van der Waals surface area contributed by atoms with E-state index in [-0.39, 0.29) is 42.0 Å². The Balaban J connectivity index is 1.72. The minimum Gasteiger partial charge on any atom is -0.446 e. The molecule has 2 amide bonds. The molecule has 2 saturated carbocycles. The molecule has 0 radical (unpaired) electrons. The maximum absolute atomic E-state index is 13.1. The van der Waals surface area contributed by atoms with Gasteiger partial charge in [0.05, 0.1) is 12.7 Å². The van der Waals surface area contributed by atoms with E-state index in [0.717, 1.165) is 5.56 Å². The van der Waals surface area contributed by atoms with Crippen molar-refractivity contribution in [1.82, 2.24) is 10.6 Å². The fraction of sp³-hybridized carbons (Fsp3) is 0.680. The van der Waals surface area contributed by atoms with E-state index in [0.29, 0.717) is 38.8 Å². The molecule has 2 aliphatic rings. The lowest BCUT2D eigenvalue weighted by atomic mass is 9.46. The van der Waals surface area contributed by atoms with Crippen LogP contribution >= 0.6 is 0 Å². The van der Waals surface area contributed by atoms with Crippen LogP contribution in [0.2, 0.25) is 0 Å². The minimum absolute atomic E-state index is 0.0125. The summed E-state index contributed by atoms with van der Waals surface area (Å²) in [5.74, 6) is -0.785. The average molecular weight is 465 g/mol. The summed E-state index contributed by atoms with van der Waals surface area (Å²) in [4.78, 5) is 24.9. The number of fused-ring (bicyclic) bond motifs is 1. The molecule has 0 aromatic heterocycles. The SMILES string of the molecule is CCNC(=O)OC1CCC2(C)C(CC(=O)NCc3ccc(F)cc3)C(O)CCC2C1(C)CO. The Morgan fingerprint density at radius 1 is 1.15 bits per heavy atom. The molecule has 6 unspecified atom stereocenters. The van der Waals surface area contributed by atoms with E-state index in [1.807, 2.05) is 13.8 Å². The lowest BCUT2D eigenvalue weighted by Gasteiger charge is -2.60. The van der Waals surface area contributed by atoms with Crippen LogP contribution in [0.25, 0.3) is 0 Å². The maximum atomic E-state index is 13.1. The summed E-state index contributed by atoms with van der Waals surface area (Å²) in [6.45, 7) is 6.47. The van der Waals surface area contributed by atoms with Crippen LogP contribution in [0.1, 0.15) is 58.4 Å². The molecule has 0 bridgehead atoms. The van der Waals surface area contributed by atoms with Gasteiger partial charge in [0.1, 0.15) is 11.9 Å². The predicted octanol–water partition coefficient (Wildman–Crippen LogP) is 3.13. The quantitative estimate of drug-likeness (QED) is 0.496. The van der Waals surface area contributed by atoms with Crippen LogP contribution in [0.15, 0.2) is 24.3 Å². The number of aliphatic hydroxyl groups excluding tert-OH is 2. The van der Waals surface area contributed by atoms with Gasteiger partial charge in [-0.05, 0) is 67.6 Å². The third-order valence-corrected chi connectivity index (χ3v) is 8.05. The molecular formula is C25H37FN2O5. The van der Waals surface area contributed by atoms with E-state index in [4.69, 9.17) is 4.74 Å². The van der Waals surface area contributed by atoms with Crippen LogP contribution in [-0.2, 0) is 16.1 Å². The van der Waals surface area contributed by atoms with Crippen molar-refractivity contribution in [3.63, 3.8) is 0 Å². The second-order valence-electron chi connectivity index (χ2n) is 10.0. The first-order valence-corrected chi connectivity index (χ1v) is 11.9. The third-order valence-electron chi connectivity index (χ3n) is 8.05. The number of carbonyl (C=O) groups is 2. The van der Waals surface area contributed by atoms with Crippen LogP contribution in [0.5, 0.6) is 0 Å². The van der Waals surface area contributed by atoms with Gasteiger partial charge >= 0.3 is 6.09 Å². The lowest BCUT2D eigenvalue weighted by molar-refractivity contribution is -0.185. The Morgan fingerprint density at radius 2 is 1.85 bits per heavy atom. The molecule has 2 fully saturated rings. The van der Waals surface area contributed by atoms with E-state index in [2.05, 4.69) is 17.6 Å². The van der Waals surface area contributed by atoms with E-state index >= 15 is 0 Å². The number of amides is 2. The van der Waals surface area contributed by atoms with Gasteiger partial charge in [-0.3, -0.25) is 4.79 Å². The molecule has 1 aromatic carbocycles. The number of nitrogens with one attached hydrogen (secondary N) is 2. The Hall–Kier alpha value is -2.19. The maximum Gasteiger partial charge on any atom is 0.407 e. The van der Waals surface area contributed by atoms with E-state index < -0.39 is 23.7 Å². The van der Waals surface area contributed by atoms with Gasteiger partial charge < -0.3 is 25.6 Å². The molecule has 0 aliphatic heterocycles. The van der Waals surface area contributed by atoms with E-state index in [1.54, 1.807) is 12.1 Å². The fourth-order valence-electron chi connectivity index (χ4n) is 6.17. The molecule has 3 rings (SSSR count). The monoisotopic (exact) mass is 464 g/mol. The number of benzene rings is 1. The summed E-state index contributed by atoms with van der Waals surface area (Å²) in [6.07, 6.45) is 1.09. The van der Waals surface area contributed by atoms with E-state index in [1.165, 1.54) is 12.1 Å². The summed E-state index contributed by atoms with van der Waals surface area (Å²) in [6, 6.07) is 5.97. The molecule has 0 saturated heterocycles. The molecule has 0 spiro atoms. The molecule has 6 atom stereocenters. The Kier molecular flexibility index (Phi) is 8.00. The van der Waals surface area contributed by atoms with Gasteiger partial charge in [-0.25, -0.2) is 9.18 Å². The van der Waals surface area contributed by atoms with E-state index in [9.17, 15) is 24.2 Å². The fourth-order valence-corrected chi connectivity index (χ4v) is 6.17. The van der Waals surface area contributed by atoms with Crippen LogP contribution in [0, 0.1) is 28.5 Å². The molecule has 4 N–H and O–H groups in total. The van der Waals surface area contributed by atoms with Crippen LogP contribution < -0.4 is 10.6 Å². The first kappa shape index (κ1) is 25.4. The van der Waals surface area contributed by atoms with Crippen molar-refractivity contribution in [2.45, 2.75) is 71.6 Å². The van der Waals surface area contributed by atoms with Crippen LogP contribution in [-0.4, -0.2) is 47.6 Å². The zero-order valence-electron chi connectivity index (χ0n) is 19.8. The molecule has 8 heteroatoms. The smallest absolute Gasteiger partial charge is 0.407 e. The first-order valence-electron chi connectivity index (χ1n) is 11.9. The highest BCUT2D eigenvalue weighted by Gasteiger charge is 2.60. The minimum atomic E-state index is -0.666. The zero-order valence-corrected chi connectivity index (χ0v) is 19.8. The second-order valence-corrected chi connectivity index (χ2v) is 10.0. The second kappa shape index (κ2) is 10.4. The predicted molar refractivity (Wildman–Crippen MR) is 122 cm³/mol. The van der Waals surface area contributed by atoms with Gasteiger partial charge in [0, 0.05) is 24.9 Å². The van der Waals surface area contributed by atoms with Gasteiger partial charge in [0.15, 0.2) is 0 Å². The first-order chi connectivity index (χ1) is 15.6. The molecule has 33 heavy (non-hydrogen) atoms. The van der Waals surface area contributed by atoms with Gasteiger partial charge in [-0.15, -0.1) is 0 Å². The number of hydrogen-bond donors (Lipinski definition) is 4. The summed E-state index contributed by atoms with van der Waals surface area (Å²) in [5, 5.41) is 26.8. The Labute approximate surface area is 195 Å². The highest BCUT2D eigenvalue weighted by atomic mass is 19.1. The Morgan fingerprint density at radius 3 is 2.48 bits per heavy atom. The molecular weight excluding hydrogens is 427 g/mol. The highest BCUT2D eigenvalue weighted by Crippen LogP contribution is 2.61. The third kappa shape index (κ3) is 5.32. The van der Waals surface area contributed by atoms with Crippen molar-refractivity contribution in [2.24, 2.45) is 22.7 Å². The van der Waals surface area contributed by atoms with Crippen molar-refractivity contribution in [3.05, 3.63) is 35.6 Å². The van der Waals surface area contributed by atoms with Gasteiger partial charge in [-0.2, -0.15) is 0 Å². The largest absolute Gasteiger partial charge is 0.446 e. The van der Waals surface area contributed by atoms with Crippen molar-refractivity contribution in [2.75, 3.05) is 13.2 Å². The molecule has 184 valence electrons. The molecule has 1 aromatic rings. The van der Waals surface area contributed by atoms with Gasteiger partial charge in [0.2, 0.25) is 5.91 Å². The molecule has 2 aliphatic carbocycles. The number of hydrogen-bond acceptors (Lipinski definition) is 5. The van der Waals surface area contributed by atoms with Crippen molar-refractivity contribution in [1.29, 1.82) is 0 Å². The topological polar surface area (TPSA) is 108 Å². The number of rotatable bonds is 7. The normalized spacial score (nSPS) is 33.6. The molecule has 0 heterocycles. The Bertz CT molecular complexity index is 835. The highest BCUT2D eigenvalue weighted by molar-refractivity contribution is 5.76. The lowest BCUT2D eigenvalue weighted by Crippen LogP contribution is -2.61. The number of ether oxygens (including phenoxy) is 1. The molecule has 7 nitrogen and oxygen atoms in total. The summed E-state index contributed by atoms with van der Waals surface area (Å²) in [5.41, 5.74) is -0.251. The van der Waals surface area contributed by atoms with Gasteiger partial charge in [-0.1, -0.05) is 26.0 Å². The van der Waals surface area contributed by atoms with Crippen molar-refractivity contribution >= 4 is 12.0 Å². The zero-order chi connectivity index (χ0) is 24.2. The number of carbonyl (C=O) groups excluding carboxylic acids is 2. The summed E-state index contributed by atoms with van der Waals surface area (Å²) >= 11 is 0. The standard InChI is InChI=1S/C25H37FN2O5/c1-4-27-23(32)33-21-11-12-24(2)18(19(30)9-10-20(24)25(21,3)15-29)13-22(31)28-14-16-5-7-17(26)8-6-16/h5-8,18-21,29-30H,4,9-15H2,1-3H3,(H,27,32)(H,28,31). The van der Waals surface area contributed by atoms with Gasteiger partial charge in [0.25, 0.3) is 0 Å². The summed E-state index contributed by atoms with van der Waals surface area (Å²) in [7, 11) is 0. The van der Waals surface area contributed by atoms with Crippen LogP contribution in [0.3, 0.4) is 0 Å². The summed E-state index contributed by atoms with van der Waals surface area (Å²) < 4.78 is 18.8.